The summed E-state index contributed by atoms with van der Waals surface area (Å²) in [5.74, 6) is -0.441. The summed E-state index contributed by atoms with van der Waals surface area (Å²) in [5, 5.41) is 18.0. The van der Waals surface area contributed by atoms with Crippen LogP contribution in [0.3, 0.4) is 0 Å². The Morgan fingerprint density at radius 1 is 1.48 bits per heavy atom. The summed E-state index contributed by atoms with van der Waals surface area (Å²) in [7, 11) is 0. The SMILES string of the molecule is O=C(O)N1CCCC(Nc2nnc(Cl)cc2C(F)(F)F)C1. The van der Waals surface area contributed by atoms with E-state index in [-0.39, 0.29) is 11.7 Å². The summed E-state index contributed by atoms with van der Waals surface area (Å²) in [4.78, 5) is 12.0. The maximum atomic E-state index is 12.9. The van der Waals surface area contributed by atoms with Crippen LogP contribution in [0, 0.1) is 0 Å². The number of hydrogen-bond donors (Lipinski definition) is 2. The zero-order valence-corrected chi connectivity index (χ0v) is 11.4. The van der Waals surface area contributed by atoms with Gasteiger partial charge in [-0.2, -0.15) is 13.2 Å². The van der Waals surface area contributed by atoms with Crippen LogP contribution in [0.2, 0.25) is 5.15 Å². The highest BCUT2D eigenvalue weighted by molar-refractivity contribution is 6.29. The van der Waals surface area contributed by atoms with Crippen molar-refractivity contribution in [3.05, 3.63) is 16.8 Å². The largest absolute Gasteiger partial charge is 0.465 e. The van der Waals surface area contributed by atoms with Crippen LogP contribution in [0.4, 0.5) is 23.8 Å². The van der Waals surface area contributed by atoms with Crippen LogP contribution in [-0.4, -0.2) is 45.4 Å². The lowest BCUT2D eigenvalue weighted by Gasteiger charge is -2.31. The fourth-order valence-electron chi connectivity index (χ4n) is 2.15. The van der Waals surface area contributed by atoms with Crippen molar-refractivity contribution >= 4 is 23.5 Å². The van der Waals surface area contributed by atoms with Crippen molar-refractivity contribution in [2.45, 2.75) is 25.1 Å². The molecule has 21 heavy (non-hydrogen) atoms. The minimum Gasteiger partial charge on any atom is -0.465 e. The average molecular weight is 325 g/mol. The summed E-state index contributed by atoms with van der Waals surface area (Å²) >= 11 is 5.44. The number of nitrogens with one attached hydrogen (secondary N) is 1. The Kier molecular flexibility index (Phi) is 4.40. The Balaban J connectivity index is 2.18. The molecule has 116 valence electrons. The Morgan fingerprint density at radius 3 is 2.81 bits per heavy atom. The van der Waals surface area contributed by atoms with E-state index in [1.807, 2.05) is 0 Å². The van der Waals surface area contributed by atoms with Crippen molar-refractivity contribution in [1.82, 2.24) is 15.1 Å². The van der Waals surface area contributed by atoms with Crippen molar-refractivity contribution in [1.29, 1.82) is 0 Å². The highest BCUT2D eigenvalue weighted by Crippen LogP contribution is 2.35. The predicted molar refractivity (Wildman–Crippen MR) is 68.3 cm³/mol. The second-order valence-electron chi connectivity index (χ2n) is 4.64. The number of alkyl halides is 3. The summed E-state index contributed by atoms with van der Waals surface area (Å²) in [6, 6.07) is 0.237. The molecule has 0 radical (unpaired) electrons. The molecule has 6 nitrogen and oxygen atoms in total. The summed E-state index contributed by atoms with van der Waals surface area (Å²) in [6.07, 6.45) is -4.61. The summed E-state index contributed by atoms with van der Waals surface area (Å²) < 4.78 is 38.7. The molecule has 1 amide bonds. The number of carboxylic acid groups (broad SMARTS) is 1. The summed E-state index contributed by atoms with van der Waals surface area (Å²) in [6.45, 7) is 0.461. The van der Waals surface area contributed by atoms with E-state index in [2.05, 4.69) is 15.5 Å². The quantitative estimate of drug-likeness (QED) is 0.874. The van der Waals surface area contributed by atoms with E-state index in [1.165, 1.54) is 0 Å². The molecule has 1 aromatic rings. The van der Waals surface area contributed by atoms with Gasteiger partial charge in [-0.05, 0) is 18.9 Å². The molecule has 0 bridgehead atoms. The number of likely N-dealkylation sites (tertiary alicyclic amines) is 1. The molecule has 1 aliphatic heterocycles. The Morgan fingerprint density at radius 2 is 2.19 bits per heavy atom. The van der Waals surface area contributed by atoms with E-state index in [4.69, 9.17) is 16.7 Å². The number of anilines is 1. The predicted octanol–water partition coefficient (Wildman–Crippen LogP) is 2.70. The minimum atomic E-state index is -4.62. The first kappa shape index (κ1) is 15.6. The molecule has 1 saturated heterocycles. The maximum absolute atomic E-state index is 12.9. The molecule has 1 aromatic heterocycles. The Hall–Kier alpha value is -1.77. The first-order chi connectivity index (χ1) is 9.77. The molecule has 0 aliphatic carbocycles. The normalized spacial score (nSPS) is 19.4. The molecule has 1 atom stereocenters. The van der Waals surface area contributed by atoms with Gasteiger partial charge in [-0.25, -0.2) is 4.79 Å². The van der Waals surface area contributed by atoms with Gasteiger partial charge in [0.1, 0.15) is 5.56 Å². The van der Waals surface area contributed by atoms with Crippen molar-refractivity contribution < 1.29 is 23.1 Å². The van der Waals surface area contributed by atoms with Gasteiger partial charge in [-0.1, -0.05) is 11.6 Å². The van der Waals surface area contributed by atoms with Crippen LogP contribution < -0.4 is 5.32 Å². The fraction of sp³-hybridized carbons (Fsp3) is 0.545. The van der Waals surface area contributed by atoms with Crippen molar-refractivity contribution in [2.75, 3.05) is 18.4 Å². The second-order valence-corrected chi connectivity index (χ2v) is 5.03. The first-order valence-electron chi connectivity index (χ1n) is 6.12. The van der Waals surface area contributed by atoms with Gasteiger partial charge in [0.05, 0.1) is 0 Å². The number of amides is 1. The zero-order chi connectivity index (χ0) is 15.6. The Bertz CT molecular complexity index is 541. The average Bonchev–Trinajstić information content (AvgIpc) is 2.40. The van der Waals surface area contributed by atoms with Crippen molar-refractivity contribution in [2.24, 2.45) is 0 Å². The monoisotopic (exact) mass is 324 g/mol. The van der Waals surface area contributed by atoms with E-state index in [1.54, 1.807) is 0 Å². The van der Waals surface area contributed by atoms with Crippen LogP contribution in [0.25, 0.3) is 0 Å². The molecule has 0 saturated carbocycles. The number of nitrogens with zero attached hydrogens (tertiary/aromatic N) is 3. The van der Waals surface area contributed by atoms with Gasteiger partial charge in [-0.3, -0.25) is 0 Å². The minimum absolute atomic E-state index is 0.0942. The molecular weight excluding hydrogens is 313 g/mol. The molecule has 0 spiro atoms. The third-order valence-corrected chi connectivity index (χ3v) is 3.29. The van der Waals surface area contributed by atoms with E-state index in [0.717, 1.165) is 4.90 Å². The van der Waals surface area contributed by atoms with Gasteiger partial charge in [0, 0.05) is 19.1 Å². The third-order valence-electron chi connectivity index (χ3n) is 3.10. The second kappa shape index (κ2) is 5.92. The van der Waals surface area contributed by atoms with E-state index >= 15 is 0 Å². The van der Waals surface area contributed by atoms with Gasteiger partial charge in [-0.15, -0.1) is 10.2 Å². The van der Waals surface area contributed by atoms with E-state index < -0.39 is 29.7 Å². The lowest BCUT2D eigenvalue weighted by molar-refractivity contribution is -0.137. The van der Waals surface area contributed by atoms with Crippen molar-refractivity contribution in [3.8, 4) is 0 Å². The standard InChI is InChI=1S/C11H12ClF3N4O2/c12-8-4-7(11(13,14)15)9(18-17-8)16-6-2-1-3-19(5-6)10(20)21/h4,6H,1-3,5H2,(H,16,18)(H,20,21). The molecule has 1 aliphatic rings. The highest BCUT2D eigenvalue weighted by Gasteiger charge is 2.36. The van der Waals surface area contributed by atoms with Gasteiger partial charge in [0.2, 0.25) is 0 Å². The summed E-state index contributed by atoms with van der Waals surface area (Å²) in [5.41, 5.74) is -1.02. The number of rotatable bonds is 2. The highest BCUT2D eigenvalue weighted by atomic mass is 35.5. The van der Waals surface area contributed by atoms with Gasteiger partial charge in [0.15, 0.2) is 11.0 Å². The van der Waals surface area contributed by atoms with Gasteiger partial charge < -0.3 is 15.3 Å². The number of aromatic nitrogens is 2. The van der Waals surface area contributed by atoms with Crippen LogP contribution in [0.1, 0.15) is 18.4 Å². The molecule has 1 fully saturated rings. The van der Waals surface area contributed by atoms with Crippen LogP contribution in [0.15, 0.2) is 6.07 Å². The zero-order valence-electron chi connectivity index (χ0n) is 10.7. The number of halogens is 4. The number of piperidine rings is 1. The molecular formula is C11H12ClF3N4O2. The van der Waals surface area contributed by atoms with Crippen LogP contribution in [0.5, 0.6) is 0 Å². The van der Waals surface area contributed by atoms with Crippen molar-refractivity contribution in [3.63, 3.8) is 0 Å². The molecule has 10 heteroatoms. The Labute approximate surface area is 122 Å². The first-order valence-corrected chi connectivity index (χ1v) is 6.50. The maximum Gasteiger partial charge on any atom is 0.420 e. The van der Waals surface area contributed by atoms with E-state index in [9.17, 15) is 18.0 Å². The lowest BCUT2D eigenvalue weighted by Crippen LogP contribution is -2.44. The smallest absolute Gasteiger partial charge is 0.420 e. The topological polar surface area (TPSA) is 78.4 Å². The molecule has 0 aromatic carbocycles. The lowest BCUT2D eigenvalue weighted by atomic mass is 10.1. The third kappa shape index (κ3) is 3.87. The number of carbonyl (C=O) groups is 1. The van der Waals surface area contributed by atoms with Crippen LogP contribution in [-0.2, 0) is 6.18 Å². The molecule has 2 heterocycles. The van der Waals surface area contributed by atoms with Gasteiger partial charge in [0.25, 0.3) is 0 Å². The molecule has 1 unspecified atom stereocenters. The van der Waals surface area contributed by atoms with Gasteiger partial charge >= 0.3 is 12.3 Å². The van der Waals surface area contributed by atoms with E-state index in [0.29, 0.717) is 25.5 Å². The molecule has 2 rings (SSSR count). The molecule has 2 N–H and O–H groups in total. The number of hydrogen-bond acceptors (Lipinski definition) is 4. The van der Waals surface area contributed by atoms with Crippen LogP contribution >= 0.6 is 11.6 Å². The fourth-order valence-corrected chi connectivity index (χ4v) is 2.30.